The van der Waals surface area contributed by atoms with Crippen molar-refractivity contribution in [2.75, 3.05) is 0 Å². The third kappa shape index (κ3) is 3.95. The molecule has 0 amide bonds. The Morgan fingerprint density at radius 3 is 2.84 bits per heavy atom. The summed E-state index contributed by atoms with van der Waals surface area (Å²) in [5, 5.41) is 0. The van der Waals surface area contributed by atoms with Crippen molar-refractivity contribution in [1.29, 1.82) is 0 Å². The number of nitrogens with zero attached hydrogens (tertiary/aromatic N) is 2. The number of aryl methyl sites for hydroxylation is 2. The van der Waals surface area contributed by atoms with E-state index in [4.69, 9.17) is 11.6 Å². The van der Waals surface area contributed by atoms with E-state index in [-0.39, 0.29) is 0 Å². The second-order valence-corrected chi connectivity index (χ2v) is 5.67. The van der Waals surface area contributed by atoms with Gasteiger partial charge in [-0.05, 0) is 25.5 Å². The molecule has 0 atom stereocenters. The maximum absolute atomic E-state index is 5.87. The van der Waals surface area contributed by atoms with Gasteiger partial charge < -0.3 is 0 Å². The van der Waals surface area contributed by atoms with Crippen LogP contribution in [0.15, 0.2) is 35.4 Å². The summed E-state index contributed by atoms with van der Waals surface area (Å²) in [6.07, 6.45) is 2.75. The van der Waals surface area contributed by atoms with Crippen LogP contribution in [0.1, 0.15) is 29.6 Å². The van der Waals surface area contributed by atoms with Crippen molar-refractivity contribution in [2.24, 2.45) is 0 Å². The van der Waals surface area contributed by atoms with E-state index in [2.05, 4.69) is 48.1 Å². The Hall–Kier alpha value is -1.06. The molecule has 4 heteroatoms. The van der Waals surface area contributed by atoms with E-state index in [9.17, 15) is 0 Å². The van der Waals surface area contributed by atoms with E-state index in [1.54, 1.807) is 11.8 Å². The van der Waals surface area contributed by atoms with Gasteiger partial charge in [-0.3, -0.25) is 0 Å². The van der Waals surface area contributed by atoms with Crippen molar-refractivity contribution < 1.29 is 0 Å². The molecule has 1 aromatic heterocycles. The highest BCUT2D eigenvalue weighted by molar-refractivity contribution is 7.98. The van der Waals surface area contributed by atoms with Crippen molar-refractivity contribution in [3.63, 3.8) is 0 Å². The van der Waals surface area contributed by atoms with Gasteiger partial charge in [-0.2, -0.15) is 0 Å². The number of thioether (sulfide) groups is 1. The van der Waals surface area contributed by atoms with Gasteiger partial charge in [0.15, 0.2) is 0 Å². The molecule has 0 saturated heterocycles. The van der Waals surface area contributed by atoms with Crippen molar-refractivity contribution in [1.82, 2.24) is 9.97 Å². The first kappa shape index (κ1) is 14.4. The minimum Gasteiger partial charge on any atom is -0.240 e. The molecule has 0 fully saturated rings. The fraction of sp³-hybridized carbons (Fsp3) is 0.333. The molecule has 100 valence electrons. The van der Waals surface area contributed by atoms with Crippen LogP contribution < -0.4 is 0 Å². The molecule has 0 spiro atoms. The third-order valence-electron chi connectivity index (χ3n) is 2.84. The second kappa shape index (κ2) is 6.92. The van der Waals surface area contributed by atoms with Crippen molar-refractivity contribution in [3.8, 4) is 0 Å². The Bertz CT molecular complexity index is 558. The van der Waals surface area contributed by atoms with Crippen LogP contribution in [0.25, 0.3) is 0 Å². The predicted molar refractivity (Wildman–Crippen MR) is 81.7 cm³/mol. The molecule has 19 heavy (non-hydrogen) atoms. The zero-order chi connectivity index (χ0) is 13.7. The minimum atomic E-state index is 0.481. The van der Waals surface area contributed by atoms with Crippen LogP contribution in [0.4, 0.5) is 0 Å². The standard InChI is InChI=1S/C15H17ClN2S/c1-3-14-12(8-16)9-17-15(18-14)10-19-13-6-4-5-11(2)7-13/h4-7,9H,3,8,10H2,1-2H3. The van der Waals surface area contributed by atoms with Gasteiger partial charge in [0, 0.05) is 22.3 Å². The lowest BCUT2D eigenvalue weighted by molar-refractivity contribution is 0.912. The first-order valence-corrected chi connectivity index (χ1v) is 7.84. The van der Waals surface area contributed by atoms with Gasteiger partial charge in [0.25, 0.3) is 0 Å². The lowest BCUT2D eigenvalue weighted by Crippen LogP contribution is -2.01. The molecular weight excluding hydrogens is 276 g/mol. The van der Waals surface area contributed by atoms with Gasteiger partial charge in [-0.1, -0.05) is 24.6 Å². The van der Waals surface area contributed by atoms with E-state index in [1.165, 1.54) is 10.5 Å². The number of halogens is 1. The summed E-state index contributed by atoms with van der Waals surface area (Å²) in [5.41, 5.74) is 3.37. The number of hydrogen-bond acceptors (Lipinski definition) is 3. The van der Waals surface area contributed by atoms with Crippen LogP contribution in [0, 0.1) is 6.92 Å². The first-order chi connectivity index (χ1) is 9.22. The van der Waals surface area contributed by atoms with Gasteiger partial charge in [0.1, 0.15) is 5.82 Å². The monoisotopic (exact) mass is 292 g/mol. The zero-order valence-corrected chi connectivity index (χ0v) is 12.8. The number of hydrogen-bond donors (Lipinski definition) is 0. The molecule has 1 aromatic carbocycles. The molecule has 2 aromatic rings. The van der Waals surface area contributed by atoms with Crippen molar-refractivity contribution in [2.45, 2.75) is 36.8 Å². The minimum absolute atomic E-state index is 0.481. The molecule has 2 rings (SSSR count). The van der Waals surface area contributed by atoms with Crippen LogP contribution >= 0.6 is 23.4 Å². The van der Waals surface area contributed by atoms with Gasteiger partial charge in [-0.25, -0.2) is 9.97 Å². The van der Waals surface area contributed by atoms with E-state index >= 15 is 0 Å². The smallest absolute Gasteiger partial charge is 0.138 e. The summed E-state index contributed by atoms with van der Waals surface area (Å²) in [6, 6.07) is 8.47. The summed E-state index contributed by atoms with van der Waals surface area (Å²) in [5.74, 6) is 2.14. The SMILES string of the molecule is CCc1nc(CSc2cccc(C)c2)ncc1CCl. The van der Waals surface area contributed by atoms with Gasteiger partial charge in [0.05, 0.1) is 11.6 Å². The van der Waals surface area contributed by atoms with E-state index < -0.39 is 0 Å². The van der Waals surface area contributed by atoms with Gasteiger partial charge in [0.2, 0.25) is 0 Å². The molecule has 0 unspecified atom stereocenters. The Kier molecular flexibility index (Phi) is 5.23. The van der Waals surface area contributed by atoms with Crippen molar-refractivity contribution >= 4 is 23.4 Å². The van der Waals surface area contributed by atoms with Gasteiger partial charge >= 0.3 is 0 Å². The summed E-state index contributed by atoms with van der Waals surface area (Å²) in [7, 11) is 0. The molecule has 0 aliphatic carbocycles. The van der Waals surface area contributed by atoms with Crippen LogP contribution in [-0.2, 0) is 18.1 Å². The summed E-state index contributed by atoms with van der Waals surface area (Å²) >= 11 is 7.63. The summed E-state index contributed by atoms with van der Waals surface area (Å²) < 4.78 is 0. The number of rotatable bonds is 5. The largest absolute Gasteiger partial charge is 0.240 e. The maximum atomic E-state index is 5.87. The Morgan fingerprint density at radius 1 is 1.32 bits per heavy atom. The zero-order valence-electron chi connectivity index (χ0n) is 11.2. The topological polar surface area (TPSA) is 25.8 Å². The Balaban J connectivity index is 2.07. The molecule has 0 aliphatic rings. The van der Waals surface area contributed by atoms with Crippen LogP contribution in [-0.4, -0.2) is 9.97 Å². The highest BCUT2D eigenvalue weighted by Crippen LogP contribution is 2.22. The third-order valence-corrected chi connectivity index (χ3v) is 4.12. The number of alkyl halides is 1. The highest BCUT2D eigenvalue weighted by atomic mass is 35.5. The first-order valence-electron chi connectivity index (χ1n) is 6.32. The lowest BCUT2D eigenvalue weighted by atomic mass is 10.2. The molecule has 0 N–H and O–H groups in total. The van der Waals surface area contributed by atoms with Crippen molar-refractivity contribution in [3.05, 3.63) is 53.1 Å². The van der Waals surface area contributed by atoms with E-state index in [0.29, 0.717) is 5.88 Å². The lowest BCUT2D eigenvalue weighted by Gasteiger charge is -2.06. The fourth-order valence-corrected chi connectivity index (χ4v) is 2.93. The summed E-state index contributed by atoms with van der Waals surface area (Å²) in [4.78, 5) is 10.2. The molecule has 0 saturated carbocycles. The van der Waals surface area contributed by atoms with Crippen LogP contribution in [0.2, 0.25) is 0 Å². The average Bonchev–Trinajstić information content (AvgIpc) is 2.45. The number of benzene rings is 1. The normalized spacial score (nSPS) is 10.7. The maximum Gasteiger partial charge on any atom is 0.138 e. The molecule has 2 nitrogen and oxygen atoms in total. The van der Waals surface area contributed by atoms with E-state index in [0.717, 1.165) is 29.3 Å². The predicted octanol–water partition coefficient (Wildman–Crippen LogP) is 4.38. The Labute approximate surface area is 123 Å². The summed E-state index contributed by atoms with van der Waals surface area (Å²) in [6.45, 7) is 4.20. The number of aromatic nitrogens is 2. The van der Waals surface area contributed by atoms with Gasteiger partial charge in [-0.15, -0.1) is 23.4 Å². The average molecular weight is 293 g/mol. The van der Waals surface area contributed by atoms with E-state index in [1.807, 2.05) is 6.20 Å². The molecule has 0 radical (unpaired) electrons. The molecular formula is C15H17ClN2S. The quantitative estimate of drug-likeness (QED) is 0.604. The Morgan fingerprint density at radius 2 is 2.16 bits per heavy atom. The molecule has 1 heterocycles. The second-order valence-electron chi connectivity index (χ2n) is 4.35. The molecule has 0 bridgehead atoms. The highest BCUT2D eigenvalue weighted by Gasteiger charge is 2.05. The van der Waals surface area contributed by atoms with Crippen LogP contribution in [0.3, 0.4) is 0 Å². The van der Waals surface area contributed by atoms with Crippen LogP contribution in [0.5, 0.6) is 0 Å². The fourth-order valence-electron chi connectivity index (χ4n) is 1.82. The molecule has 0 aliphatic heterocycles.